The molecule has 0 radical (unpaired) electrons. The Morgan fingerprint density at radius 1 is 1.04 bits per heavy atom. The van der Waals surface area contributed by atoms with Gasteiger partial charge in [-0.2, -0.15) is 0 Å². The Hall–Kier alpha value is -2.17. The molecule has 1 unspecified atom stereocenters. The number of benzene rings is 2. The van der Waals surface area contributed by atoms with E-state index in [1.165, 1.54) is 11.1 Å². The highest BCUT2D eigenvalue weighted by molar-refractivity contribution is 5.79. The number of amides is 1. The van der Waals surface area contributed by atoms with Gasteiger partial charge in [-0.25, -0.2) is 0 Å². The van der Waals surface area contributed by atoms with Gasteiger partial charge in [-0.1, -0.05) is 60.7 Å². The van der Waals surface area contributed by atoms with Crippen LogP contribution in [0.3, 0.4) is 0 Å². The molecule has 1 aliphatic heterocycles. The number of nitrogens with one attached hydrogen (secondary N) is 1. The summed E-state index contributed by atoms with van der Waals surface area (Å²) in [7, 11) is 1.96. The van der Waals surface area contributed by atoms with Gasteiger partial charge in [-0.05, 0) is 31.0 Å². The quantitative estimate of drug-likeness (QED) is 0.794. The maximum absolute atomic E-state index is 13.0. The molecule has 138 valence electrons. The second kappa shape index (κ2) is 9.51. The molecule has 1 heterocycles. The van der Waals surface area contributed by atoms with Gasteiger partial charge < -0.3 is 10.2 Å². The molecule has 26 heavy (non-hydrogen) atoms. The highest BCUT2D eigenvalue weighted by Crippen LogP contribution is 2.18. The van der Waals surface area contributed by atoms with Crippen LogP contribution in [-0.4, -0.2) is 48.4 Å². The van der Waals surface area contributed by atoms with Crippen molar-refractivity contribution in [1.82, 2.24) is 15.1 Å². The minimum absolute atomic E-state index is 0.245. The van der Waals surface area contributed by atoms with Crippen molar-refractivity contribution >= 4 is 5.91 Å². The van der Waals surface area contributed by atoms with Crippen LogP contribution in [0.2, 0.25) is 0 Å². The van der Waals surface area contributed by atoms with Gasteiger partial charge in [0.25, 0.3) is 0 Å². The highest BCUT2D eigenvalue weighted by atomic mass is 16.2. The molecular weight excluding hydrogens is 322 g/mol. The van der Waals surface area contributed by atoms with Crippen molar-refractivity contribution in [1.29, 1.82) is 0 Å². The fraction of sp³-hybridized carbons (Fsp3) is 0.409. The van der Waals surface area contributed by atoms with E-state index in [4.69, 9.17) is 0 Å². The normalized spacial score (nSPS) is 17.0. The molecule has 1 amide bonds. The molecule has 1 atom stereocenters. The van der Waals surface area contributed by atoms with E-state index in [1.54, 1.807) is 0 Å². The maximum Gasteiger partial charge on any atom is 0.237 e. The summed E-state index contributed by atoms with van der Waals surface area (Å²) >= 11 is 0. The monoisotopic (exact) mass is 351 g/mol. The fourth-order valence-electron chi connectivity index (χ4n) is 3.74. The molecule has 4 nitrogen and oxygen atoms in total. The number of rotatable bonds is 8. The van der Waals surface area contributed by atoms with Crippen molar-refractivity contribution in [2.45, 2.75) is 32.0 Å². The molecule has 0 spiro atoms. The van der Waals surface area contributed by atoms with E-state index in [0.29, 0.717) is 12.6 Å². The number of hydrogen-bond acceptors (Lipinski definition) is 3. The van der Waals surface area contributed by atoms with Crippen molar-refractivity contribution in [3.8, 4) is 0 Å². The molecule has 4 heteroatoms. The van der Waals surface area contributed by atoms with Gasteiger partial charge in [-0.15, -0.1) is 0 Å². The Morgan fingerprint density at radius 3 is 2.15 bits per heavy atom. The third kappa shape index (κ3) is 5.16. The van der Waals surface area contributed by atoms with Crippen molar-refractivity contribution in [3.63, 3.8) is 0 Å². The third-order valence-corrected chi connectivity index (χ3v) is 4.99. The highest BCUT2D eigenvalue weighted by Gasteiger charge is 2.28. The Labute approximate surface area is 156 Å². The number of nitrogens with zero attached hydrogens (tertiary/aromatic N) is 2. The Morgan fingerprint density at radius 2 is 1.62 bits per heavy atom. The first-order chi connectivity index (χ1) is 12.8. The zero-order chi connectivity index (χ0) is 18.2. The van der Waals surface area contributed by atoms with Crippen LogP contribution in [0.5, 0.6) is 0 Å². The molecule has 3 rings (SSSR count). The molecule has 1 fully saturated rings. The van der Waals surface area contributed by atoms with E-state index < -0.39 is 0 Å². The Kier molecular flexibility index (Phi) is 6.81. The topological polar surface area (TPSA) is 35.6 Å². The first kappa shape index (κ1) is 18.6. The predicted octanol–water partition coefficient (Wildman–Crippen LogP) is 2.90. The van der Waals surface area contributed by atoms with E-state index in [-0.39, 0.29) is 5.91 Å². The number of hydrogen-bond donors (Lipinski definition) is 1. The summed E-state index contributed by atoms with van der Waals surface area (Å²) in [6, 6.07) is 21.1. The van der Waals surface area contributed by atoms with Gasteiger partial charge >= 0.3 is 0 Å². The van der Waals surface area contributed by atoms with Crippen molar-refractivity contribution in [3.05, 3.63) is 71.8 Å². The van der Waals surface area contributed by atoms with E-state index in [0.717, 1.165) is 39.0 Å². The van der Waals surface area contributed by atoms with Crippen molar-refractivity contribution in [2.75, 3.05) is 26.7 Å². The van der Waals surface area contributed by atoms with Crippen LogP contribution in [0.15, 0.2) is 60.7 Å². The van der Waals surface area contributed by atoms with E-state index in [1.807, 2.05) is 19.2 Å². The lowest BCUT2D eigenvalue weighted by atomic mass is 10.1. The van der Waals surface area contributed by atoms with Gasteiger partial charge in [0.15, 0.2) is 0 Å². The van der Waals surface area contributed by atoms with Crippen LogP contribution in [0.1, 0.15) is 24.0 Å². The zero-order valence-corrected chi connectivity index (χ0v) is 15.6. The van der Waals surface area contributed by atoms with E-state index in [2.05, 4.69) is 63.6 Å². The first-order valence-corrected chi connectivity index (χ1v) is 9.50. The van der Waals surface area contributed by atoms with Gasteiger partial charge in [0.05, 0.1) is 6.54 Å². The third-order valence-electron chi connectivity index (χ3n) is 4.99. The summed E-state index contributed by atoms with van der Waals surface area (Å²) in [5.41, 5.74) is 2.48. The molecule has 2 aromatic rings. The summed E-state index contributed by atoms with van der Waals surface area (Å²) in [5, 5.41) is 3.22. The van der Waals surface area contributed by atoms with Crippen molar-refractivity contribution < 1.29 is 4.79 Å². The molecule has 1 N–H and O–H groups in total. The summed E-state index contributed by atoms with van der Waals surface area (Å²) in [6.45, 7) is 3.79. The van der Waals surface area contributed by atoms with Crippen LogP contribution < -0.4 is 5.32 Å². The smallest absolute Gasteiger partial charge is 0.237 e. The Balaban J connectivity index is 1.69. The number of carbonyl (C=O) groups excluding carboxylic acids is 1. The summed E-state index contributed by atoms with van der Waals surface area (Å²) in [5.74, 6) is 0.245. The summed E-state index contributed by atoms with van der Waals surface area (Å²) in [6.07, 6.45) is 2.21. The molecule has 2 aromatic carbocycles. The van der Waals surface area contributed by atoms with Crippen LogP contribution in [0.25, 0.3) is 0 Å². The minimum atomic E-state index is 0.245. The van der Waals surface area contributed by atoms with Crippen LogP contribution >= 0.6 is 0 Å². The van der Waals surface area contributed by atoms with Gasteiger partial charge in [0, 0.05) is 32.2 Å². The van der Waals surface area contributed by atoms with Gasteiger partial charge in [-0.3, -0.25) is 9.69 Å². The SMILES string of the molecule is CNCC1CCCN1C(=O)CN(Cc1ccccc1)Cc1ccccc1. The molecule has 1 saturated heterocycles. The van der Waals surface area contributed by atoms with E-state index >= 15 is 0 Å². The van der Waals surface area contributed by atoms with Crippen LogP contribution in [0, 0.1) is 0 Å². The molecule has 0 saturated carbocycles. The fourth-order valence-corrected chi connectivity index (χ4v) is 3.74. The summed E-state index contributed by atoms with van der Waals surface area (Å²) in [4.78, 5) is 17.3. The van der Waals surface area contributed by atoms with Crippen LogP contribution in [-0.2, 0) is 17.9 Å². The minimum Gasteiger partial charge on any atom is -0.337 e. The average molecular weight is 351 g/mol. The predicted molar refractivity (Wildman–Crippen MR) is 106 cm³/mol. The standard InChI is InChI=1S/C22H29N3O/c1-23-15-21-13-8-14-25(21)22(26)18-24(16-19-9-4-2-5-10-19)17-20-11-6-3-7-12-20/h2-7,9-12,21,23H,8,13-18H2,1H3. The second-order valence-corrected chi connectivity index (χ2v) is 7.06. The van der Waals surface area contributed by atoms with Crippen LogP contribution in [0.4, 0.5) is 0 Å². The molecule has 0 bridgehead atoms. The number of likely N-dealkylation sites (tertiary alicyclic amines) is 1. The molecule has 0 aromatic heterocycles. The van der Waals surface area contributed by atoms with Gasteiger partial charge in [0.2, 0.25) is 5.91 Å². The largest absolute Gasteiger partial charge is 0.337 e. The molecule has 0 aliphatic carbocycles. The lowest BCUT2D eigenvalue weighted by molar-refractivity contribution is -0.133. The van der Waals surface area contributed by atoms with Crippen molar-refractivity contribution in [2.24, 2.45) is 0 Å². The first-order valence-electron chi connectivity index (χ1n) is 9.50. The Bertz CT molecular complexity index is 633. The number of likely N-dealkylation sites (N-methyl/N-ethyl adjacent to an activating group) is 1. The average Bonchev–Trinajstić information content (AvgIpc) is 3.12. The zero-order valence-electron chi connectivity index (χ0n) is 15.6. The lowest BCUT2D eigenvalue weighted by Crippen LogP contribution is -2.45. The second-order valence-electron chi connectivity index (χ2n) is 7.06. The van der Waals surface area contributed by atoms with Gasteiger partial charge in [0.1, 0.15) is 0 Å². The summed E-state index contributed by atoms with van der Waals surface area (Å²) < 4.78 is 0. The maximum atomic E-state index is 13.0. The van der Waals surface area contributed by atoms with E-state index in [9.17, 15) is 4.79 Å². The lowest BCUT2D eigenvalue weighted by Gasteiger charge is -2.29. The molecular formula is C22H29N3O. The molecule has 1 aliphatic rings. The number of carbonyl (C=O) groups is 1.